The van der Waals surface area contributed by atoms with Gasteiger partial charge in [0.25, 0.3) is 5.91 Å². The van der Waals surface area contributed by atoms with Crippen molar-refractivity contribution in [3.8, 4) is 0 Å². The van der Waals surface area contributed by atoms with E-state index in [0.29, 0.717) is 24.7 Å². The summed E-state index contributed by atoms with van der Waals surface area (Å²) in [5.74, 6) is 0.964. The summed E-state index contributed by atoms with van der Waals surface area (Å²) in [5, 5.41) is 6.22. The molecule has 1 amide bonds. The average Bonchev–Trinajstić information content (AvgIpc) is 2.49. The summed E-state index contributed by atoms with van der Waals surface area (Å²) in [6.45, 7) is 10.2. The monoisotopic (exact) mass is 293 g/mol. The fraction of sp³-hybridized carbons (Fsp3) is 0.625. The van der Waals surface area contributed by atoms with Crippen LogP contribution in [0.1, 0.15) is 44.5 Å². The number of hydrogen-bond acceptors (Lipinski definition) is 4. The molecular formula is C16H27N3O2. The zero-order valence-electron chi connectivity index (χ0n) is 13.5. The molecule has 0 bridgehead atoms. The van der Waals surface area contributed by atoms with E-state index in [1.54, 1.807) is 18.3 Å². The van der Waals surface area contributed by atoms with Crippen molar-refractivity contribution in [3.05, 3.63) is 23.9 Å². The van der Waals surface area contributed by atoms with Gasteiger partial charge in [0.15, 0.2) is 0 Å². The summed E-state index contributed by atoms with van der Waals surface area (Å²) in [6, 6.07) is 3.52. The number of rotatable bonds is 9. The maximum absolute atomic E-state index is 12.3. The Bertz CT molecular complexity index is 435. The van der Waals surface area contributed by atoms with Crippen molar-refractivity contribution in [1.29, 1.82) is 0 Å². The molecule has 1 atom stereocenters. The van der Waals surface area contributed by atoms with Gasteiger partial charge in [-0.3, -0.25) is 4.79 Å². The molecule has 118 valence electrons. The van der Waals surface area contributed by atoms with Gasteiger partial charge in [0, 0.05) is 24.9 Å². The van der Waals surface area contributed by atoms with Crippen LogP contribution in [0.25, 0.3) is 0 Å². The Balaban J connectivity index is 2.68. The highest BCUT2D eigenvalue weighted by atomic mass is 16.5. The molecule has 1 rings (SSSR count). The number of amides is 1. The Morgan fingerprint density at radius 2 is 2.14 bits per heavy atom. The third kappa shape index (κ3) is 6.12. The van der Waals surface area contributed by atoms with Gasteiger partial charge in [0.2, 0.25) is 0 Å². The number of nitrogens with one attached hydrogen (secondary N) is 2. The zero-order chi connectivity index (χ0) is 15.7. The smallest absolute Gasteiger partial charge is 0.251 e. The third-order valence-corrected chi connectivity index (χ3v) is 3.20. The van der Waals surface area contributed by atoms with E-state index in [-0.39, 0.29) is 11.9 Å². The molecule has 1 aromatic heterocycles. The van der Waals surface area contributed by atoms with Gasteiger partial charge >= 0.3 is 0 Å². The van der Waals surface area contributed by atoms with E-state index in [9.17, 15) is 4.79 Å². The van der Waals surface area contributed by atoms with E-state index < -0.39 is 0 Å². The van der Waals surface area contributed by atoms with Crippen LogP contribution >= 0.6 is 0 Å². The van der Waals surface area contributed by atoms with Crippen LogP contribution in [0.4, 0.5) is 5.82 Å². The molecule has 1 unspecified atom stereocenters. The van der Waals surface area contributed by atoms with E-state index in [1.807, 2.05) is 6.92 Å². The lowest BCUT2D eigenvalue weighted by atomic mass is 10.0. The Morgan fingerprint density at radius 1 is 1.38 bits per heavy atom. The minimum Gasteiger partial charge on any atom is -0.380 e. The van der Waals surface area contributed by atoms with Gasteiger partial charge in [0.1, 0.15) is 5.82 Å². The molecule has 0 aliphatic rings. The second-order valence-corrected chi connectivity index (χ2v) is 5.34. The number of anilines is 1. The fourth-order valence-electron chi connectivity index (χ4n) is 1.82. The lowest BCUT2D eigenvalue weighted by Gasteiger charge is -2.22. The van der Waals surface area contributed by atoms with Crippen LogP contribution in [0.15, 0.2) is 18.3 Å². The van der Waals surface area contributed by atoms with Crippen LogP contribution in [-0.2, 0) is 4.74 Å². The Morgan fingerprint density at radius 3 is 2.76 bits per heavy atom. The first-order valence-corrected chi connectivity index (χ1v) is 7.67. The average molecular weight is 293 g/mol. The summed E-state index contributed by atoms with van der Waals surface area (Å²) in [4.78, 5) is 16.5. The molecular weight excluding hydrogens is 266 g/mol. The lowest BCUT2D eigenvalue weighted by Crippen LogP contribution is -2.41. The number of hydrogen-bond donors (Lipinski definition) is 2. The summed E-state index contributed by atoms with van der Waals surface area (Å²) in [7, 11) is 0. The van der Waals surface area contributed by atoms with Crippen LogP contribution in [0.3, 0.4) is 0 Å². The fourth-order valence-corrected chi connectivity index (χ4v) is 1.82. The van der Waals surface area contributed by atoms with Gasteiger partial charge in [-0.1, -0.05) is 20.8 Å². The summed E-state index contributed by atoms with van der Waals surface area (Å²) >= 11 is 0. The molecule has 2 N–H and O–H groups in total. The van der Waals surface area contributed by atoms with E-state index in [0.717, 1.165) is 18.8 Å². The third-order valence-electron chi connectivity index (χ3n) is 3.20. The molecule has 0 spiro atoms. The molecule has 0 aromatic carbocycles. The van der Waals surface area contributed by atoms with E-state index in [2.05, 4.69) is 36.4 Å². The Labute approximate surface area is 127 Å². The van der Waals surface area contributed by atoms with Gasteiger partial charge in [0.05, 0.1) is 12.6 Å². The maximum Gasteiger partial charge on any atom is 0.251 e. The number of aromatic nitrogens is 1. The van der Waals surface area contributed by atoms with Crippen LogP contribution in [0.2, 0.25) is 0 Å². The van der Waals surface area contributed by atoms with Crippen LogP contribution in [0, 0.1) is 5.92 Å². The first-order chi connectivity index (χ1) is 10.1. The first kappa shape index (κ1) is 17.4. The number of ether oxygens (including phenoxy) is 1. The highest BCUT2D eigenvalue weighted by Crippen LogP contribution is 2.09. The second kappa shape index (κ2) is 9.34. The van der Waals surface area contributed by atoms with Crippen molar-refractivity contribution in [2.24, 2.45) is 5.92 Å². The molecule has 21 heavy (non-hydrogen) atoms. The zero-order valence-corrected chi connectivity index (χ0v) is 13.5. The second-order valence-electron chi connectivity index (χ2n) is 5.34. The van der Waals surface area contributed by atoms with Gasteiger partial charge in [-0.15, -0.1) is 0 Å². The Kier molecular flexibility index (Phi) is 7.75. The van der Waals surface area contributed by atoms with Crippen molar-refractivity contribution >= 4 is 11.7 Å². The summed E-state index contributed by atoms with van der Waals surface area (Å²) in [6.07, 6.45) is 2.67. The molecule has 0 radical (unpaired) electrons. The highest BCUT2D eigenvalue weighted by Gasteiger charge is 2.17. The van der Waals surface area contributed by atoms with Crippen molar-refractivity contribution in [2.45, 2.75) is 40.2 Å². The summed E-state index contributed by atoms with van der Waals surface area (Å²) in [5.41, 5.74) is 0.616. The number of pyridine rings is 1. The molecule has 1 aromatic rings. The highest BCUT2D eigenvalue weighted by molar-refractivity contribution is 5.95. The molecule has 0 saturated carbocycles. The molecule has 0 saturated heterocycles. The normalized spacial score (nSPS) is 12.2. The number of carbonyl (C=O) groups is 1. The molecule has 5 nitrogen and oxygen atoms in total. The molecule has 1 heterocycles. The van der Waals surface area contributed by atoms with Gasteiger partial charge < -0.3 is 15.4 Å². The lowest BCUT2D eigenvalue weighted by molar-refractivity contribution is 0.0806. The largest absolute Gasteiger partial charge is 0.380 e. The van der Waals surface area contributed by atoms with Crippen molar-refractivity contribution in [2.75, 3.05) is 25.1 Å². The van der Waals surface area contributed by atoms with E-state index in [1.165, 1.54) is 0 Å². The summed E-state index contributed by atoms with van der Waals surface area (Å²) < 4.78 is 5.43. The van der Waals surface area contributed by atoms with Gasteiger partial charge in [-0.25, -0.2) is 4.98 Å². The van der Waals surface area contributed by atoms with Crippen LogP contribution in [-0.4, -0.2) is 36.7 Å². The van der Waals surface area contributed by atoms with E-state index in [4.69, 9.17) is 4.74 Å². The molecule has 0 aliphatic heterocycles. The van der Waals surface area contributed by atoms with Gasteiger partial charge in [-0.05, 0) is 31.4 Å². The van der Waals surface area contributed by atoms with Crippen molar-refractivity contribution in [3.63, 3.8) is 0 Å². The van der Waals surface area contributed by atoms with Crippen molar-refractivity contribution < 1.29 is 9.53 Å². The molecule has 5 heteroatoms. The minimum absolute atomic E-state index is 0.0117. The quantitative estimate of drug-likeness (QED) is 0.735. The number of carbonyl (C=O) groups excluding carboxylic acids is 1. The van der Waals surface area contributed by atoms with E-state index >= 15 is 0 Å². The maximum atomic E-state index is 12.3. The van der Waals surface area contributed by atoms with Gasteiger partial charge in [-0.2, -0.15) is 0 Å². The minimum atomic E-state index is -0.0876. The van der Waals surface area contributed by atoms with Crippen molar-refractivity contribution in [1.82, 2.24) is 10.3 Å². The SMILES string of the molecule is CCCNc1cc(C(=O)NC(COCC)C(C)C)ccn1. The molecule has 0 aliphatic carbocycles. The Hall–Kier alpha value is -1.62. The molecule has 0 fully saturated rings. The topological polar surface area (TPSA) is 63.2 Å². The van der Waals surface area contributed by atoms with Crippen LogP contribution in [0.5, 0.6) is 0 Å². The number of nitrogens with zero attached hydrogens (tertiary/aromatic N) is 1. The predicted octanol–water partition coefficient (Wildman–Crippen LogP) is 2.69. The van der Waals surface area contributed by atoms with Crippen LogP contribution < -0.4 is 10.6 Å². The predicted molar refractivity (Wildman–Crippen MR) is 85.6 cm³/mol. The first-order valence-electron chi connectivity index (χ1n) is 7.67. The standard InChI is InChI=1S/C16H27N3O2/c1-5-8-17-15-10-13(7-9-18-15)16(20)19-14(12(3)4)11-21-6-2/h7,9-10,12,14H,5-6,8,11H2,1-4H3,(H,17,18)(H,19,20).